The monoisotopic (exact) mass is 1000 g/mol. The summed E-state index contributed by atoms with van der Waals surface area (Å²) in [7, 11) is 1.49. The molecule has 1 fully saturated rings. The highest BCUT2D eigenvalue weighted by molar-refractivity contribution is 6.18. The first-order valence-corrected chi connectivity index (χ1v) is 24.9. The van der Waals surface area contributed by atoms with Crippen molar-refractivity contribution in [1.82, 2.24) is 4.90 Å². The van der Waals surface area contributed by atoms with Gasteiger partial charge in [0.2, 0.25) is 5.79 Å². The number of rotatable bonds is 24. The summed E-state index contributed by atoms with van der Waals surface area (Å²) >= 11 is 6.18. The topological polar surface area (TPSA) is 189 Å². The van der Waals surface area contributed by atoms with E-state index in [2.05, 4.69) is 12.7 Å². The van der Waals surface area contributed by atoms with Gasteiger partial charge >= 0.3 is 6.09 Å². The molecule has 2 N–H and O–H groups in total. The standard InChI is InChI=1S/C56H60ClN3O12/c1-3-28-69-56-52(59(55(64)68-29-25-57)34-40-14-10-13-38-11-4-5-15-45(38)40)33-49(58-70-36-37-17-19-42(20-18-37)60(65)66)47-31-39(12-6-8-26-61)46(16-7-9-27-62)53(54(47)56)48-32-44(22-24-51(48)72-56)71-43-21-23-50(67-2)41(30-43)35-63/h3-5,10-11,13-15,17-24,30-32,35,39,46,52-54,61-62H,1,6-9,12,16,25-29,33-34,36H2,2H3/t39-,46+,52-,53+,54+,56+/m0/s1. The fourth-order valence-electron chi connectivity index (χ4n) is 10.7. The molecule has 1 aliphatic heterocycles. The van der Waals surface area contributed by atoms with Gasteiger partial charge in [0.15, 0.2) is 6.29 Å². The van der Waals surface area contributed by atoms with E-state index in [1.54, 1.807) is 47.4 Å². The average Bonchev–Trinajstić information content (AvgIpc) is 3.40. The number of oxime groups is 1. The van der Waals surface area contributed by atoms with Crippen LogP contribution in [0.4, 0.5) is 10.5 Å². The smallest absolute Gasteiger partial charge is 0.410 e. The van der Waals surface area contributed by atoms with E-state index < -0.39 is 28.8 Å². The number of halogens is 1. The third-order valence-corrected chi connectivity index (χ3v) is 14.0. The molecule has 16 heteroatoms. The number of carbonyl (C=O) groups excluding carboxylic acids is 2. The molecule has 8 rings (SSSR count). The summed E-state index contributed by atoms with van der Waals surface area (Å²) in [5, 5.41) is 38.4. The van der Waals surface area contributed by atoms with Crippen molar-refractivity contribution in [3.05, 3.63) is 160 Å². The summed E-state index contributed by atoms with van der Waals surface area (Å²) in [5.74, 6) is -0.925. The molecule has 0 unspecified atom stereocenters. The molecule has 0 aromatic heterocycles. The lowest BCUT2D eigenvalue weighted by Crippen LogP contribution is -2.70. The predicted octanol–water partition coefficient (Wildman–Crippen LogP) is 11.1. The minimum Gasteiger partial charge on any atom is -0.496 e. The molecule has 0 bridgehead atoms. The molecule has 15 nitrogen and oxygen atoms in total. The molecular formula is C56H60ClN3O12. The van der Waals surface area contributed by atoms with Crippen LogP contribution in [0.5, 0.6) is 23.0 Å². The van der Waals surface area contributed by atoms with E-state index >= 15 is 0 Å². The van der Waals surface area contributed by atoms with Gasteiger partial charge in [-0.2, -0.15) is 0 Å². The summed E-state index contributed by atoms with van der Waals surface area (Å²) in [6.07, 6.45) is 8.08. The van der Waals surface area contributed by atoms with Crippen molar-refractivity contribution in [2.45, 2.75) is 75.8 Å². The first kappa shape index (κ1) is 51.6. The summed E-state index contributed by atoms with van der Waals surface area (Å²) in [5.41, 5.74) is 3.95. The van der Waals surface area contributed by atoms with E-state index in [9.17, 15) is 29.9 Å². The second-order valence-electron chi connectivity index (χ2n) is 18.2. The number of aliphatic hydroxyl groups excluding tert-OH is 2. The quantitative estimate of drug-likeness (QED) is 0.0149. The average molecular weight is 1000 g/mol. The maximum atomic E-state index is 14.9. The van der Waals surface area contributed by atoms with Crippen LogP contribution >= 0.6 is 11.6 Å². The van der Waals surface area contributed by atoms with Crippen LogP contribution in [0.15, 0.2) is 133 Å². The van der Waals surface area contributed by atoms with Crippen molar-refractivity contribution >= 4 is 46.2 Å². The van der Waals surface area contributed by atoms with Crippen LogP contribution in [-0.2, 0) is 27.5 Å². The number of nitrogens with zero attached hydrogens (tertiary/aromatic N) is 3. The lowest BCUT2D eigenvalue weighted by Gasteiger charge is -2.59. The maximum Gasteiger partial charge on any atom is 0.410 e. The van der Waals surface area contributed by atoms with Gasteiger partial charge in [-0.3, -0.25) is 19.8 Å². The van der Waals surface area contributed by atoms with E-state index in [0.29, 0.717) is 71.8 Å². The van der Waals surface area contributed by atoms with Gasteiger partial charge in [0.05, 0.1) is 48.3 Å². The van der Waals surface area contributed by atoms with E-state index in [-0.39, 0.29) is 75.3 Å². The van der Waals surface area contributed by atoms with Crippen molar-refractivity contribution in [2.24, 2.45) is 22.9 Å². The van der Waals surface area contributed by atoms with E-state index in [1.165, 1.54) is 19.2 Å². The number of amides is 1. The molecule has 72 heavy (non-hydrogen) atoms. The number of non-ortho nitro benzene ring substituents is 1. The number of benzene rings is 5. The summed E-state index contributed by atoms with van der Waals surface area (Å²) in [6.45, 7) is 4.15. The highest BCUT2D eigenvalue weighted by Crippen LogP contribution is 2.62. The van der Waals surface area contributed by atoms with Crippen LogP contribution < -0.4 is 14.2 Å². The zero-order valence-electron chi connectivity index (χ0n) is 40.2. The Balaban J connectivity index is 1.35. The van der Waals surface area contributed by atoms with Crippen LogP contribution in [0.25, 0.3) is 10.8 Å². The molecule has 1 heterocycles. The summed E-state index contributed by atoms with van der Waals surface area (Å²) in [4.78, 5) is 45.9. The summed E-state index contributed by atoms with van der Waals surface area (Å²) in [6, 6.07) is 29.7. The van der Waals surface area contributed by atoms with Gasteiger partial charge in [-0.1, -0.05) is 72.6 Å². The SMILES string of the molecule is C=CCO[C@@]12Oc3ccc(Oc4ccc(OC)c(C=O)c4)cc3[C@H]3[C@H](CCCCO)[C@@H](CCCCO)C=C(C(=NOCc4ccc([N+](=O)[O-])cc4)C[C@@H]1N(Cc1cccc4ccccc14)C(=O)OCCCl)[C@H]32. The number of carbonyl (C=O) groups is 2. The van der Waals surface area contributed by atoms with E-state index in [4.69, 9.17) is 45.3 Å². The number of aldehydes is 1. The Kier molecular flexibility index (Phi) is 17.3. The van der Waals surface area contributed by atoms with Crippen LogP contribution in [0.3, 0.4) is 0 Å². The number of methoxy groups -OCH3 is 1. The lowest BCUT2D eigenvalue weighted by molar-refractivity contribution is -0.384. The van der Waals surface area contributed by atoms with Gasteiger partial charge in [0.25, 0.3) is 5.69 Å². The van der Waals surface area contributed by atoms with E-state index in [0.717, 1.165) is 40.3 Å². The van der Waals surface area contributed by atoms with Crippen LogP contribution in [0.1, 0.15) is 77.9 Å². The van der Waals surface area contributed by atoms with Crippen LogP contribution in [-0.4, -0.2) is 89.4 Å². The zero-order chi connectivity index (χ0) is 50.6. The highest BCUT2D eigenvalue weighted by Gasteiger charge is 2.66. The molecule has 1 saturated carbocycles. The number of unbranched alkanes of at least 4 members (excludes halogenated alkanes) is 2. The Morgan fingerprint density at radius 2 is 1.72 bits per heavy atom. The largest absolute Gasteiger partial charge is 0.496 e. The third kappa shape index (κ3) is 11.1. The maximum absolute atomic E-state index is 14.9. The minimum atomic E-state index is -1.61. The summed E-state index contributed by atoms with van der Waals surface area (Å²) < 4.78 is 32.4. The highest BCUT2D eigenvalue weighted by atomic mass is 35.5. The Morgan fingerprint density at radius 1 is 0.972 bits per heavy atom. The fourth-order valence-corrected chi connectivity index (χ4v) is 10.8. The number of hydrogen-bond acceptors (Lipinski definition) is 13. The second-order valence-corrected chi connectivity index (χ2v) is 18.5. The fraction of sp³-hybridized carbons (Fsp3) is 0.375. The Labute approximate surface area is 423 Å². The third-order valence-electron chi connectivity index (χ3n) is 13.9. The van der Waals surface area contributed by atoms with Gasteiger partial charge in [-0.05, 0) is 114 Å². The first-order chi connectivity index (χ1) is 35.2. The molecular weight excluding hydrogens is 942 g/mol. The number of fused-ring (bicyclic) bond motifs is 3. The van der Waals surface area contributed by atoms with Gasteiger partial charge in [-0.15, -0.1) is 18.2 Å². The molecule has 5 aromatic carbocycles. The molecule has 0 radical (unpaired) electrons. The molecule has 6 atom stereocenters. The Morgan fingerprint density at radius 3 is 2.46 bits per heavy atom. The Bertz CT molecular complexity index is 2780. The van der Waals surface area contributed by atoms with Gasteiger partial charge in [0.1, 0.15) is 42.3 Å². The second kappa shape index (κ2) is 24.1. The number of ether oxygens (including phenoxy) is 5. The normalized spacial score (nSPS) is 21.4. The number of hydrogen-bond donors (Lipinski definition) is 2. The van der Waals surface area contributed by atoms with Crippen LogP contribution in [0.2, 0.25) is 0 Å². The molecule has 1 amide bonds. The molecule has 5 aromatic rings. The number of nitro benzene ring substituents is 1. The molecule has 0 spiro atoms. The first-order valence-electron chi connectivity index (χ1n) is 24.4. The van der Waals surface area contributed by atoms with Crippen molar-refractivity contribution < 1.29 is 53.2 Å². The minimum absolute atomic E-state index is 0.00987. The van der Waals surface area contributed by atoms with Crippen molar-refractivity contribution in [2.75, 3.05) is 39.4 Å². The predicted molar refractivity (Wildman–Crippen MR) is 273 cm³/mol. The number of aliphatic hydroxyl groups is 2. The number of alkyl halides is 1. The molecule has 3 aliphatic rings. The zero-order valence-corrected chi connectivity index (χ0v) is 41.0. The molecule has 2 aliphatic carbocycles. The lowest BCUT2D eigenvalue weighted by atomic mass is 9.55. The molecule has 378 valence electrons. The van der Waals surface area contributed by atoms with Crippen LogP contribution in [0, 0.1) is 27.9 Å². The van der Waals surface area contributed by atoms with Crippen molar-refractivity contribution in [1.29, 1.82) is 0 Å². The van der Waals surface area contributed by atoms with Gasteiger partial charge < -0.3 is 38.7 Å². The number of allylic oxidation sites excluding steroid dienone is 1. The van der Waals surface area contributed by atoms with Crippen molar-refractivity contribution in [3.8, 4) is 23.0 Å². The van der Waals surface area contributed by atoms with Gasteiger partial charge in [-0.25, -0.2) is 4.79 Å². The van der Waals surface area contributed by atoms with Crippen molar-refractivity contribution in [3.63, 3.8) is 0 Å². The number of nitro groups is 1. The Hall–Kier alpha value is -6.78. The molecule has 0 saturated heterocycles. The van der Waals surface area contributed by atoms with E-state index in [1.807, 2.05) is 54.6 Å². The van der Waals surface area contributed by atoms with Gasteiger partial charge in [0, 0.05) is 43.2 Å².